The molecule has 0 heterocycles. The van der Waals surface area contributed by atoms with Gasteiger partial charge in [-0.1, -0.05) is 13.8 Å². The standard InChI is InChI=1S/C6H12N8O2.C2H6/c7-1-3(11-9)6(14-16)2(8)4(12-10)5(1)13-15;1-2/h11-13,15H,7-10H2;1-2H3. The minimum absolute atomic E-state index is 0.0111. The first-order valence-electron chi connectivity index (χ1n) is 5.03. The van der Waals surface area contributed by atoms with E-state index in [1.807, 2.05) is 13.8 Å². The Morgan fingerprint density at radius 2 is 1.50 bits per heavy atom. The number of nitrogens with two attached hydrogens (primary N) is 4. The number of anilines is 5. The largest absolute Gasteiger partial charge is 0.395 e. The van der Waals surface area contributed by atoms with Gasteiger partial charge in [-0.05, 0) is 5.18 Å². The Kier molecular flexibility index (Phi) is 6.20. The Morgan fingerprint density at radius 3 is 1.83 bits per heavy atom. The third-order valence-corrected chi connectivity index (χ3v) is 2.04. The van der Waals surface area contributed by atoms with Crippen molar-refractivity contribution < 1.29 is 5.21 Å². The fraction of sp³-hybridized carbons (Fsp3) is 0.250. The van der Waals surface area contributed by atoms with E-state index in [0.717, 1.165) is 0 Å². The second-order valence-electron chi connectivity index (χ2n) is 2.79. The van der Waals surface area contributed by atoms with Gasteiger partial charge in [0.2, 0.25) is 0 Å². The summed E-state index contributed by atoms with van der Waals surface area (Å²) in [5.41, 5.74) is 17.0. The SMILES string of the molecule is CC.NNc1c(N)c(NO)c(NN)c(N)c1N=O. The lowest BCUT2D eigenvalue weighted by Crippen LogP contribution is -2.16. The van der Waals surface area contributed by atoms with E-state index in [2.05, 4.69) is 16.0 Å². The number of hydrazine groups is 2. The second kappa shape index (κ2) is 7.11. The van der Waals surface area contributed by atoms with Crippen molar-refractivity contribution in [3.05, 3.63) is 4.91 Å². The zero-order valence-corrected chi connectivity index (χ0v) is 10.1. The molecule has 10 nitrogen and oxygen atoms in total. The number of nitrogen functional groups attached to an aromatic ring is 4. The lowest BCUT2D eigenvalue weighted by molar-refractivity contribution is 0.389. The van der Waals surface area contributed by atoms with Gasteiger partial charge in [-0.2, -0.15) is 0 Å². The maximum absolute atomic E-state index is 10.6. The van der Waals surface area contributed by atoms with Gasteiger partial charge in [-0.3, -0.25) is 22.4 Å². The van der Waals surface area contributed by atoms with Gasteiger partial charge in [-0.15, -0.1) is 4.91 Å². The van der Waals surface area contributed by atoms with Crippen LogP contribution in [0.15, 0.2) is 5.18 Å². The number of rotatable bonds is 4. The first kappa shape index (κ1) is 15.7. The summed E-state index contributed by atoms with van der Waals surface area (Å²) < 4.78 is 0. The molecule has 0 aliphatic carbocycles. The molecule has 0 unspecified atom stereocenters. The molecule has 0 aromatic heterocycles. The van der Waals surface area contributed by atoms with Crippen LogP contribution in [-0.4, -0.2) is 5.21 Å². The van der Waals surface area contributed by atoms with Crippen molar-refractivity contribution >= 4 is 34.1 Å². The molecule has 0 spiro atoms. The first-order valence-corrected chi connectivity index (χ1v) is 5.03. The molecule has 0 amide bonds. The third-order valence-electron chi connectivity index (χ3n) is 2.04. The summed E-state index contributed by atoms with van der Waals surface area (Å²) in [6.07, 6.45) is 0. The molecule has 1 rings (SSSR count). The zero-order valence-electron chi connectivity index (χ0n) is 10.1. The maximum atomic E-state index is 10.6. The van der Waals surface area contributed by atoms with E-state index in [0.29, 0.717) is 0 Å². The van der Waals surface area contributed by atoms with Crippen LogP contribution in [0, 0.1) is 4.91 Å². The number of hydrogen-bond donors (Lipinski definition) is 8. The quantitative estimate of drug-likeness (QED) is 0.166. The van der Waals surface area contributed by atoms with E-state index in [-0.39, 0.29) is 34.1 Å². The van der Waals surface area contributed by atoms with Gasteiger partial charge in [0.15, 0.2) is 5.69 Å². The summed E-state index contributed by atoms with van der Waals surface area (Å²) in [6, 6.07) is 0. The van der Waals surface area contributed by atoms with E-state index >= 15 is 0 Å². The number of nitrogens with zero attached hydrogens (tertiary/aromatic N) is 1. The molecule has 0 radical (unpaired) electrons. The molecule has 0 fully saturated rings. The van der Waals surface area contributed by atoms with Gasteiger partial charge in [0, 0.05) is 0 Å². The van der Waals surface area contributed by atoms with E-state index < -0.39 is 0 Å². The van der Waals surface area contributed by atoms with Crippen molar-refractivity contribution in [1.82, 2.24) is 0 Å². The van der Waals surface area contributed by atoms with Crippen molar-refractivity contribution in [2.75, 3.05) is 27.8 Å². The number of hydrogen-bond acceptors (Lipinski definition) is 10. The Hall–Kier alpha value is -2.30. The van der Waals surface area contributed by atoms with Crippen LogP contribution in [0.1, 0.15) is 13.8 Å². The average Bonchev–Trinajstić information content (AvgIpc) is 2.42. The minimum atomic E-state index is -0.202. The molecule has 1 aromatic rings. The molecule has 10 heteroatoms. The van der Waals surface area contributed by atoms with Crippen LogP contribution < -0.4 is 39.5 Å². The highest BCUT2D eigenvalue weighted by Crippen LogP contribution is 2.47. The van der Waals surface area contributed by atoms with Crippen LogP contribution in [0.25, 0.3) is 0 Å². The van der Waals surface area contributed by atoms with Crippen LogP contribution in [0.5, 0.6) is 0 Å². The van der Waals surface area contributed by atoms with Gasteiger partial charge in [-0.25, -0.2) is 0 Å². The van der Waals surface area contributed by atoms with Gasteiger partial charge in [0.1, 0.15) is 17.1 Å². The molecule has 1 aromatic carbocycles. The molecule has 0 bridgehead atoms. The molecule has 102 valence electrons. The fourth-order valence-corrected chi connectivity index (χ4v) is 1.28. The van der Waals surface area contributed by atoms with Gasteiger partial charge < -0.3 is 22.3 Å². The van der Waals surface area contributed by atoms with Crippen LogP contribution in [0.4, 0.5) is 34.1 Å². The second-order valence-corrected chi connectivity index (χ2v) is 2.79. The third kappa shape index (κ3) is 2.51. The summed E-state index contributed by atoms with van der Waals surface area (Å²) in [6.45, 7) is 4.00. The number of nitrogens with one attached hydrogen (secondary N) is 3. The Morgan fingerprint density at radius 1 is 1.00 bits per heavy atom. The molecule has 0 aliphatic heterocycles. The lowest BCUT2D eigenvalue weighted by atomic mass is 10.1. The van der Waals surface area contributed by atoms with Crippen LogP contribution in [0.3, 0.4) is 0 Å². The average molecular weight is 258 g/mol. The Labute approximate surface area is 104 Å². The van der Waals surface area contributed by atoms with E-state index in [1.54, 1.807) is 5.48 Å². The molecule has 0 saturated carbocycles. The number of benzene rings is 1. The zero-order chi connectivity index (χ0) is 14.3. The van der Waals surface area contributed by atoms with Crippen molar-refractivity contribution in [3.8, 4) is 0 Å². The fourth-order valence-electron chi connectivity index (χ4n) is 1.28. The molecule has 18 heavy (non-hydrogen) atoms. The Balaban J connectivity index is 0.00000137. The highest BCUT2D eigenvalue weighted by molar-refractivity contribution is 6.04. The van der Waals surface area contributed by atoms with Crippen LogP contribution >= 0.6 is 0 Å². The normalized spacial score (nSPS) is 8.94. The summed E-state index contributed by atoms with van der Waals surface area (Å²) in [4.78, 5) is 10.6. The molecule has 0 aliphatic rings. The van der Waals surface area contributed by atoms with Crippen molar-refractivity contribution in [1.29, 1.82) is 0 Å². The summed E-state index contributed by atoms with van der Waals surface area (Å²) in [7, 11) is 0. The predicted molar refractivity (Wildman–Crippen MR) is 73.1 cm³/mol. The molecule has 12 N–H and O–H groups in total. The van der Waals surface area contributed by atoms with E-state index in [1.165, 1.54) is 0 Å². The molecule has 0 saturated heterocycles. The summed E-state index contributed by atoms with van der Waals surface area (Å²) in [5.74, 6) is 10.3. The van der Waals surface area contributed by atoms with Gasteiger partial charge in [0.25, 0.3) is 0 Å². The van der Waals surface area contributed by atoms with Crippen LogP contribution in [-0.2, 0) is 0 Å². The summed E-state index contributed by atoms with van der Waals surface area (Å²) in [5, 5.41) is 11.6. The number of nitroso groups, excluding NO2 is 1. The first-order chi connectivity index (χ1) is 8.62. The molecule has 0 atom stereocenters. The topological polar surface area (TPSA) is 190 Å². The predicted octanol–water partition coefficient (Wildman–Crippen LogP) is 0.647. The van der Waals surface area contributed by atoms with E-state index in [9.17, 15) is 4.91 Å². The summed E-state index contributed by atoms with van der Waals surface area (Å²) >= 11 is 0. The van der Waals surface area contributed by atoms with Crippen molar-refractivity contribution in [3.63, 3.8) is 0 Å². The smallest absolute Gasteiger partial charge is 0.159 e. The van der Waals surface area contributed by atoms with Crippen LogP contribution in [0.2, 0.25) is 0 Å². The maximum Gasteiger partial charge on any atom is 0.159 e. The lowest BCUT2D eigenvalue weighted by Gasteiger charge is -2.17. The minimum Gasteiger partial charge on any atom is -0.395 e. The monoisotopic (exact) mass is 258 g/mol. The van der Waals surface area contributed by atoms with Gasteiger partial charge in [0.05, 0.1) is 11.4 Å². The molecular weight excluding hydrogens is 240 g/mol. The van der Waals surface area contributed by atoms with Crippen molar-refractivity contribution in [2.24, 2.45) is 16.9 Å². The Bertz CT molecular complexity index is 422. The van der Waals surface area contributed by atoms with Gasteiger partial charge >= 0.3 is 0 Å². The van der Waals surface area contributed by atoms with E-state index in [4.69, 9.17) is 28.4 Å². The molecular formula is C8H18N8O2. The highest BCUT2D eigenvalue weighted by atomic mass is 16.5. The van der Waals surface area contributed by atoms with Crippen molar-refractivity contribution in [2.45, 2.75) is 13.8 Å². The highest BCUT2D eigenvalue weighted by Gasteiger charge is 2.20.